The number of methoxy groups -OCH3 is 2. The van der Waals surface area contributed by atoms with E-state index in [1.165, 1.54) is 12.7 Å². The SMILES string of the molecule is COC1=C(OC)C2C(=O)NC(=O)C2(CC2CCCN(Cc3ccncc3)C2)C=C1. The van der Waals surface area contributed by atoms with Gasteiger partial charge < -0.3 is 9.47 Å². The van der Waals surface area contributed by atoms with E-state index in [4.69, 9.17) is 9.47 Å². The lowest BCUT2D eigenvalue weighted by Crippen LogP contribution is -2.42. The molecular formula is C22H27N3O4. The third-order valence-corrected chi connectivity index (χ3v) is 6.30. The Kier molecular flexibility index (Phi) is 5.41. The van der Waals surface area contributed by atoms with Crippen molar-refractivity contribution in [1.82, 2.24) is 15.2 Å². The molecule has 3 unspecified atom stereocenters. The first kappa shape index (κ1) is 19.6. The average Bonchev–Trinajstić information content (AvgIpc) is 2.98. The van der Waals surface area contributed by atoms with Gasteiger partial charge in [0.2, 0.25) is 11.8 Å². The minimum Gasteiger partial charge on any atom is -0.496 e. The molecular weight excluding hydrogens is 370 g/mol. The Morgan fingerprint density at radius 2 is 2.03 bits per heavy atom. The molecule has 0 aromatic carbocycles. The number of hydrogen-bond donors (Lipinski definition) is 1. The third-order valence-electron chi connectivity index (χ3n) is 6.30. The van der Waals surface area contributed by atoms with Crippen LogP contribution in [0.1, 0.15) is 24.8 Å². The summed E-state index contributed by atoms with van der Waals surface area (Å²) in [6.07, 6.45) is 9.97. The molecule has 3 atom stereocenters. The van der Waals surface area contributed by atoms with Gasteiger partial charge in [-0.2, -0.15) is 0 Å². The summed E-state index contributed by atoms with van der Waals surface area (Å²) in [5.41, 5.74) is 0.326. The summed E-state index contributed by atoms with van der Waals surface area (Å²) in [6, 6.07) is 4.07. The number of fused-ring (bicyclic) bond motifs is 1. The van der Waals surface area contributed by atoms with E-state index in [2.05, 4.69) is 15.2 Å². The summed E-state index contributed by atoms with van der Waals surface area (Å²) in [5.74, 6) is 0.0331. The highest BCUT2D eigenvalue weighted by atomic mass is 16.5. The van der Waals surface area contributed by atoms with Crippen molar-refractivity contribution < 1.29 is 19.1 Å². The number of hydrogen-bond acceptors (Lipinski definition) is 6. The Bertz CT molecular complexity index is 851. The maximum atomic E-state index is 12.9. The predicted octanol–water partition coefficient (Wildman–Crippen LogP) is 2.02. The molecule has 0 spiro atoms. The summed E-state index contributed by atoms with van der Waals surface area (Å²) in [5, 5.41) is 2.53. The molecule has 2 fully saturated rings. The second-order valence-electron chi connectivity index (χ2n) is 8.06. The van der Waals surface area contributed by atoms with Gasteiger partial charge in [-0.3, -0.25) is 24.8 Å². The van der Waals surface area contributed by atoms with Crippen LogP contribution in [0.25, 0.3) is 0 Å². The molecule has 2 aliphatic heterocycles. The van der Waals surface area contributed by atoms with E-state index >= 15 is 0 Å². The molecule has 3 heterocycles. The first-order chi connectivity index (χ1) is 14.1. The van der Waals surface area contributed by atoms with Gasteiger partial charge in [0, 0.05) is 25.5 Å². The van der Waals surface area contributed by atoms with E-state index in [9.17, 15) is 9.59 Å². The smallest absolute Gasteiger partial charge is 0.238 e. The maximum Gasteiger partial charge on any atom is 0.238 e. The first-order valence-corrected chi connectivity index (χ1v) is 10.1. The van der Waals surface area contributed by atoms with E-state index in [1.807, 2.05) is 30.6 Å². The van der Waals surface area contributed by atoms with Crippen molar-refractivity contribution in [2.24, 2.45) is 17.3 Å². The van der Waals surface area contributed by atoms with Gasteiger partial charge in [0.1, 0.15) is 5.92 Å². The highest BCUT2D eigenvalue weighted by molar-refractivity contribution is 6.10. The van der Waals surface area contributed by atoms with Gasteiger partial charge >= 0.3 is 0 Å². The highest BCUT2D eigenvalue weighted by Crippen LogP contribution is 2.49. The van der Waals surface area contributed by atoms with E-state index in [1.54, 1.807) is 13.2 Å². The highest BCUT2D eigenvalue weighted by Gasteiger charge is 2.58. The number of aromatic nitrogens is 1. The van der Waals surface area contributed by atoms with Crippen LogP contribution in [0.2, 0.25) is 0 Å². The van der Waals surface area contributed by atoms with Gasteiger partial charge in [-0.25, -0.2) is 0 Å². The van der Waals surface area contributed by atoms with E-state index in [-0.39, 0.29) is 11.8 Å². The van der Waals surface area contributed by atoms with Crippen LogP contribution in [0.15, 0.2) is 48.2 Å². The summed E-state index contributed by atoms with van der Waals surface area (Å²) in [4.78, 5) is 32.1. The molecule has 1 aromatic rings. The molecule has 0 saturated carbocycles. The predicted molar refractivity (Wildman–Crippen MR) is 106 cm³/mol. The van der Waals surface area contributed by atoms with Crippen molar-refractivity contribution in [2.45, 2.75) is 25.8 Å². The fourth-order valence-electron chi connectivity index (χ4n) is 4.99. The largest absolute Gasteiger partial charge is 0.496 e. The molecule has 2 amide bonds. The lowest BCUT2D eigenvalue weighted by atomic mass is 9.67. The standard InChI is InChI=1S/C22H27N3O4/c1-28-17-5-8-22(18(19(17)29-2)20(26)24-21(22)27)12-16-4-3-11-25(14-16)13-15-6-9-23-10-7-15/h5-10,16,18H,3-4,11-14H2,1-2H3,(H,24,26,27). The van der Waals surface area contributed by atoms with Gasteiger partial charge in [-0.15, -0.1) is 0 Å². The topological polar surface area (TPSA) is 80.8 Å². The number of amides is 2. The summed E-state index contributed by atoms with van der Waals surface area (Å²) in [7, 11) is 3.06. The second kappa shape index (κ2) is 7.99. The number of likely N-dealkylation sites (tertiary alicyclic amines) is 1. The van der Waals surface area contributed by atoms with Crippen LogP contribution in [0.4, 0.5) is 0 Å². The molecule has 29 heavy (non-hydrogen) atoms. The lowest BCUT2D eigenvalue weighted by molar-refractivity contribution is -0.128. The van der Waals surface area contributed by atoms with Gasteiger partial charge in [0.05, 0.1) is 19.6 Å². The first-order valence-electron chi connectivity index (χ1n) is 10.1. The molecule has 7 heteroatoms. The average molecular weight is 397 g/mol. The molecule has 2 saturated heterocycles. The lowest BCUT2D eigenvalue weighted by Gasteiger charge is -2.39. The minimum atomic E-state index is -0.908. The van der Waals surface area contributed by atoms with E-state index < -0.39 is 11.3 Å². The number of imide groups is 1. The van der Waals surface area contributed by atoms with Crippen molar-refractivity contribution in [3.05, 3.63) is 53.8 Å². The molecule has 3 aliphatic rings. The van der Waals surface area contributed by atoms with Gasteiger partial charge in [0.25, 0.3) is 0 Å². The molecule has 0 bridgehead atoms. The quantitative estimate of drug-likeness (QED) is 0.740. The number of pyridine rings is 1. The molecule has 1 N–H and O–H groups in total. The Morgan fingerprint density at radius 1 is 1.24 bits per heavy atom. The number of allylic oxidation sites excluding steroid dienone is 1. The molecule has 1 aromatic heterocycles. The van der Waals surface area contributed by atoms with Crippen LogP contribution >= 0.6 is 0 Å². The zero-order valence-electron chi connectivity index (χ0n) is 16.9. The zero-order valence-corrected chi connectivity index (χ0v) is 16.9. The van der Waals surface area contributed by atoms with Gasteiger partial charge in [-0.1, -0.05) is 6.08 Å². The van der Waals surface area contributed by atoms with Gasteiger partial charge in [0.15, 0.2) is 11.5 Å². The fourth-order valence-corrected chi connectivity index (χ4v) is 4.99. The summed E-state index contributed by atoms with van der Waals surface area (Å²) < 4.78 is 10.9. The van der Waals surface area contributed by atoms with Crippen molar-refractivity contribution >= 4 is 11.8 Å². The fraction of sp³-hybridized carbons (Fsp3) is 0.500. The summed E-state index contributed by atoms with van der Waals surface area (Å²) in [6.45, 7) is 2.80. The molecule has 0 radical (unpaired) electrons. The number of ether oxygens (including phenoxy) is 2. The van der Waals surface area contributed by atoms with Crippen LogP contribution < -0.4 is 5.32 Å². The number of nitrogens with zero attached hydrogens (tertiary/aromatic N) is 2. The monoisotopic (exact) mass is 397 g/mol. The normalized spacial score (nSPS) is 29.6. The van der Waals surface area contributed by atoms with Crippen molar-refractivity contribution in [1.29, 1.82) is 0 Å². The van der Waals surface area contributed by atoms with E-state index in [0.717, 1.165) is 32.5 Å². The number of rotatable bonds is 6. The van der Waals surface area contributed by atoms with Crippen LogP contribution in [0, 0.1) is 17.3 Å². The van der Waals surface area contributed by atoms with Crippen LogP contribution in [-0.4, -0.2) is 49.0 Å². The number of piperidine rings is 1. The van der Waals surface area contributed by atoms with Crippen LogP contribution in [0.5, 0.6) is 0 Å². The Hall–Kier alpha value is -2.67. The Balaban J connectivity index is 1.54. The number of nitrogens with one attached hydrogen (secondary N) is 1. The Morgan fingerprint density at radius 3 is 2.76 bits per heavy atom. The van der Waals surface area contributed by atoms with Crippen LogP contribution in [-0.2, 0) is 25.6 Å². The van der Waals surface area contributed by atoms with Crippen molar-refractivity contribution in [2.75, 3.05) is 27.3 Å². The third kappa shape index (κ3) is 3.55. The number of carbonyl (C=O) groups is 2. The summed E-state index contributed by atoms with van der Waals surface area (Å²) >= 11 is 0. The molecule has 4 rings (SSSR count). The Labute approximate surface area is 170 Å². The molecule has 1 aliphatic carbocycles. The second-order valence-corrected chi connectivity index (χ2v) is 8.06. The minimum absolute atomic E-state index is 0.236. The molecule has 154 valence electrons. The van der Waals surface area contributed by atoms with E-state index in [0.29, 0.717) is 23.9 Å². The molecule has 7 nitrogen and oxygen atoms in total. The van der Waals surface area contributed by atoms with Crippen molar-refractivity contribution in [3.63, 3.8) is 0 Å². The van der Waals surface area contributed by atoms with Crippen molar-refractivity contribution in [3.8, 4) is 0 Å². The zero-order chi connectivity index (χ0) is 20.4. The maximum absolute atomic E-state index is 12.9. The van der Waals surface area contributed by atoms with Gasteiger partial charge in [-0.05, 0) is 55.5 Å². The number of carbonyl (C=O) groups excluding carboxylic acids is 2. The van der Waals surface area contributed by atoms with Crippen LogP contribution in [0.3, 0.4) is 0 Å².